The number of nitrogens with zero attached hydrogens (tertiary/aromatic N) is 2. The first-order valence-electron chi connectivity index (χ1n) is 8.41. The van der Waals surface area contributed by atoms with E-state index in [0.29, 0.717) is 10.8 Å². The van der Waals surface area contributed by atoms with Gasteiger partial charge < -0.3 is 10.4 Å². The summed E-state index contributed by atoms with van der Waals surface area (Å²) in [6, 6.07) is 3.97. The summed E-state index contributed by atoms with van der Waals surface area (Å²) in [5, 5.41) is 13.8. The molecule has 2 heterocycles. The van der Waals surface area contributed by atoms with Gasteiger partial charge in [-0.05, 0) is 56.2 Å². The van der Waals surface area contributed by atoms with Crippen LogP contribution in [0.1, 0.15) is 45.7 Å². The minimum absolute atomic E-state index is 0.0230. The van der Waals surface area contributed by atoms with Gasteiger partial charge in [-0.2, -0.15) is 0 Å². The third kappa shape index (κ3) is 3.82. The van der Waals surface area contributed by atoms with E-state index < -0.39 is 0 Å². The molecule has 0 saturated heterocycles. The van der Waals surface area contributed by atoms with Gasteiger partial charge in [0, 0.05) is 18.4 Å². The van der Waals surface area contributed by atoms with Crippen LogP contribution in [0.4, 0.5) is 0 Å². The second kappa shape index (κ2) is 7.40. The number of aliphatic hydroxyl groups excluding tert-OH is 1. The van der Waals surface area contributed by atoms with E-state index in [1.165, 1.54) is 11.3 Å². The molecule has 5 nitrogen and oxygen atoms in total. The average Bonchev–Trinajstić information content (AvgIpc) is 2.93. The number of amides is 1. The van der Waals surface area contributed by atoms with Crippen LogP contribution in [0.5, 0.6) is 0 Å². The van der Waals surface area contributed by atoms with E-state index in [4.69, 9.17) is 0 Å². The molecule has 0 aromatic carbocycles. The number of carbonyl (C=O) groups is 1. The number of pyridine rings is 1. The number of carbonyl (C=O) groups excluding carboxylic acids is 1. The Morgan fingerprint density at radius 2 is 2.12 bits per heavy atom. The molecule has 1 fully saturated rings. The Labute approximate surface area is 146 Å². The van der Waals surface area contributed by atoms with E-state index in [9.17, 15) is 9.90 Å². The second-order valence-electron chi connectivity index (χ2n) is 6.40. The lowest BCUT2D eigenvalue weighted by molar-refractivity contribution is 0.0239. The van der Waals surface area contributed by atoms with Gasteiger partial charge in [0.05, 0.1) is 16.8 Å². The van der Waals surface area contributed by atoms with Gasteiger partial charge in [0.1, 0.15) is 4.88 Å². The Hall–Kier alpha value is -1.79. The highest BCUT2D eigenvalue weighted by atomic mass is 32.1. The quantitative estimate of drug-likeness (QED) is 0.843. The Morgan fingerprint density at radius 3 is 2.71 bits per heavy atom. The highest BCUT2D eigenvalue weighted by Crippen LogP contribution is 2.32. The molecular weight excluding hydrogens is 322 g/mol. The van der Waals surface area contributed by atoms with Crippen molar-refractivity contribution in [1.29, 1.82) is 0 Å². The number of nitrogens with one attached hydrogen (secondary N) is 1. The summed E-state index contributed by atoms with van der Waals surface area (Å²) in [7, 11) is 0. The minimum atomic E-state index is -0.233. The van der Waals surface area contributed by atoms with Crippen LogP contribution in [0, 0.1) is 12.8 Å². The third-order valence-corrected chi connectivity index (χ3v) is 5.89. The Kier molecular flexibility index (Phi) is 5.26. The molecule has 2 N–H and O–H groups in total. The number of rotatable bonds is 6. The molecule has 1 atom stereocenters. The van der Waals surface area contributed by atoms with E-state index in [2.05, 4.69) is 15.3 Å². The molecule has 2 aromatic rings. The molecule has 0 unspecified atom stereocenters. The van der Waals surface area contributed by atoms with Crippen LogP contribution in [0.2, 0.25) is 0 Å². The zero-order chi connectivity index (χ0) is 17.1. The standard InChI is InChI=1S/C18H23N3O2S/c1-3-16-20-11(2)17(24-16)18(23)21-15(13-9-14(22)10-13)8-12-4-6-19-7-5-12/h4-7,13-15,22H,3,8-10H2,1-2H3,(H,21,23)/t13?,14?,15-/m0/s1. The summed E-state index contributed by atoms with van der Waals surface area (Å²) < 4.78 is 0. The van der Waals surface area contributed by atoms with Gasteiger partial charge in [-0.15, -0.1) is 11.3 Å². The minimum Gasteiger partial charge on any atom is -0.393 e. The number of aryl methyl sites for hydroxylation is 2. The van der Waals surface area contributed by atoms with E-state index in [0.717, 1.165) is 41.9 Å². The lowest BCUT2D eigenvalue weighted by Crippen LogP contribution is -2.48. The fourth-order valence-corrected chi connectivity index (χ4v) is 4.02. The fourth-order valence-electron chi connectivity index (χ4n) is 3.11. The summed E-state index contributed by atoms with van der Waals surface area (Å²) in [5.41, 5.74) is 1.94. The van der Waals surface area contributed by atoms with Crippen molar-refractivity contribution in [3.63, 3.8) is 0 Å². The van der Waals surface area contributed by atoms with Crippen molar-refractivity contribution in [3.8, 4) is 0 Å². The van der Waals surface area contributed by atoms with Gasteiger partial charge in [0.2, 0.25) is 0 Å². The van der Waals surface area contributed by atoms with Crippen molar-refractivity contribution in [1.82, 2.24) is 15.3 Å². The molecule has 1 aliphatic carbocycles. The van der Waals surface area contributed by atoms with Crippen LogP contribution in [0.25, 0.3) is 0 Å². The van der Waals surface area contributed by atoms with Crippen LogP contribution in [-0.2, 0) is 12.8 Å². The molecule has 24 heavy (non-hydrogen) atoms. The van der Waals surface area contributed by atoms with E-state index in [1.54, 1.807) is 12.4 Å². The molecule has 1 aliphatic rings. The van der Waals surface area contributed by atoms with Crippen LogP contribution in [0.15, 0.2) is 24.5 Å². The summed E-state index contributed by atoms with van der Waals surface area (Å²) in [5.74, 6) is 0.265. The number of hydrogen-bond donors (Lipinski definition) is 2. The predicted molar refractivity (Wildman–Crippen MR) is 94.2 cm³/mol. The topological polar surface area (TPSA) is 75.1 Å². The molecule has 0 bridgehead atoms. The lowest BCUT2D eigenvalue weighted by atomic mass is 9.75. The van der Waals surface area contributed by atoms with E-state index in [-0.39, 0.29) is 18.1 Å². The van der Waals surface area contributed by atoms with Gasteiger partial charge in [0.15, 0.2) is 0 Å². The molecule has 128 valence electrons. The average molecular weight is 345 g/mol. The zero-order valence-electron chi connectivity index (χ0n) is 14.0. The maximum Gasteiger partial charge on any atom is 0.263 e. The predicted octanol–water partition coefficient (Wildman–Crippen LogP) is 2.52. The highest BCUT2D eigenvalue weighted by Gasteiger charge is 2.35. The maximum atomic E-state index is 12.7. The van der Waals surface area contributed by atoms with E-state index in [1.807, 2.05) is 26.0 Å². The third-order valence-electron chi connectivity index (χ3n) is 4.59. The highest BCUT2D eigenvalue weighted by molar-refractivity contribution is 7.13. The second-order valence-corrected chi connectivity index (χ2v) is 7.48. The van der Waals surface area contributed by atoms with Crippen LogP contribution in [0.3, 0.4) is 0 Å². The fraction of sp³-hybridized carbons (Fsp3) is 0.500. The number of aliphatic hydroxyl groups is 1. The summed E-state index contributed by atoms with van der Waals surface area (Å²) in [6.45, 7) is 3.93. The largest absolute Gasteiger partial charge is 0.393 e. The summed E-state index contributed by atoms with van der Waals surface area (Å²) in [6.07, 6.45) is 6.40. The van der Waals surface area contributed by atoms with Gasteiger partial charge in [0.25, 0.3) is 5.91 Å². The van der Waals surface area contributed by atoms with Crippen molar-refractivity contribution in [2.24, 2.45) is 5.92 Å². The first kappa shape index (κ1) is 17.0. The molecule has 1 saturated carbocycles. The number of thiazole rings is 1. The van der Waals surface area contributed by atoms with Crippen molar-refractivity contribution >= 4 is 17.2 Å². The molecule has 6 heteroatoms. The molecular formula is C18H23N3O2S. The lowest BCUT2D eigenvalue weighted by Gasteiger charge is -2.38. The number of hydrogen-bond acceptors (Lipinski definition) is 5. The molecule has 1 amide bonds. The monoisotopic (exact) mass is 345 g/mol. The molecule has 0 radical (unpaired) electrons. The Bertz CT molecular complexity index is 696. The maximum absolute atomic E-state index is 12.7. The van der Waals surface area contributed by atoms with Crippen molar-refractivity contribution in [2.75, 3.05) is 0 Å². The molecule has 0 spiro atoms. The van der Waals surface area contributed by atoms with Gasteiger partial charge in [-0.1, -0.05) is 6.92 Å². The Balaban J connectivity index is 1.73. The van der Waals surface area contributed by atoms with Crippen LogP contribution in [-0.4, -0.2) is 33.1 Å². The molecule has 3 rings (SSSR count). The van der Waals surface area contributed by atoms with Gasteiger partial charge in [-0.25, -0.2) is 4.98 Å². The van der Waals surface area contributed by atoms with Crippen LogP contribution >= 0.6 is 11.3 Å². The van der Waals surface area contributed by atoms with Gasteiger partial charge >= 0.3 is 0 Å². The van der Waals surface area contributed by atoms with Crippen molar-refractivity contribution in [2.45, 2.75) is 51.7 Å². The smallest absolute Gasteiger partial charge is 0.263 e. The normalized spacial score (nSPS) is 21.1. The molecule has 0 aliphatic heterocycles. The van der Waals surface area contributed by atoms with Crippen molar-refractivity contribution in [3.05, 3.63) is 45.7 Å². The zero-order valence-corrected chi connectivity index (χ0v) is 14.8. The number of aromatic nitrogens is 2. The first-order chi connectivity index (χ1) is 11.6. The SMILES string of the molecule is CCc1nc(C)c(C(=O)N[C@@H](Cc2ccncc2)C2CC(O)C2)s1. The summed E-state index contributed by atoms with van der Waals surface area (Å²) in [4.78, 5) is 21.9. The first-order valence-corrected chi connectivity index (χ1v) is 9.22. The van der Waals surface area contributed by atoms with E-state index >= 15 is 0 Å². The Morgan fingerprint density at radius 1 is 1.42 bits per heavy atom. The van der Waals surface area contributed by atoms with Gasteiger partial charge in [-0.3, -0.25) is 9.78 Å². The van der Waals surface area contributed by atoms with Crippen molar-refractivity contribution < 1.29 is 9.90 Å². The molecule has 2 aromatic heterocycles. The summed E-state index contributed by atoms with van der Waals surface area (Å²) >= 11 is 1.47. The van der Waals surface area contributed by atoms with Crippen LogP contribution < -0.4 is 5.32 Å².